The lowest BCUT2D eigenvalue weighted by Crippen LogP contribution is -2.45. The van der Waals surface area contributed by atoms with Crippen LogP contribution in [0.3, 0.4) is 0 Å². The first-order valence-electron chi connectivity index (χ1n) is 7.64. The Morgan fingerprint density at radius 3 is 2.53 bits per heavy atom. The number of hydrogen-bond acceptors (Lipinski definition) is 2. The molecule has 102 valence electrons. The molecule has 0 aromatic carbocycles. The fourth-order valence-electron chi connectivity index (χ4n) is 2.92. The lowest BCUT2D eigenvalue weighted by Gasteiger charge is -2.35. The molecule has 1 fully saturated rings. The summed E-state index contributed by atoms with van der Waals surface area (Å²) in [6, 6.07) is 2.16. The molecule has 1 saturated heterocycles. The molecular formula is C15H32N2. The first-order valence-corrected chi connectivity index (χ1v) is 7.64. The van der Waals surface area contributed by atoms with E-state index in [4.69, 9.17) is 0 Å². The summed E-state index contributed by atoms with van der Waals surface area (Å²) in [5, 5.41) is 3.62. The second-order valence-corrected chi connectivity index (χ2v) is 5.93. The summed E-state index contributed by atoms with van der Waals surface area (Å²) in [6.45, 7) is 11.8. The van der Waals surface area contributed by atoms with Crippen LogP contribution < -0.4 is 5.32 Å². The number of nitrogens with one attached hydrogen (secondary N) is 1. The van der Waals surface area contributed by atoms with Crippen LogP contribution in [0.2, 0.25) is 0 Å². The van der Waals surface area contributed by atoms with Crippen molar-refractivity contribution in [3.8, 4) is 0 Å². The molecule has 0 aromatic rings. The van der Waals surface area contributed by atoms with Gasteiger partial charge in [0.2, 0.25) is 0 Å². The molecular weight excluding hydrogens is 208 g/mol. The van der Waals surface area contributed by atoms with Gasteiger partial charge in [-0.05, 0) is 46.6 Å². The minimum Gasteiger partial charge on any atom is -0.313 e. The highest BCUT2D eigenvalue weighted by atomic mass is 15.2. The molecule has 1 aliphatic heterocycles. The summed E-state index contributed by atoms with van der Waals surface area (Å²) in [4.78, 5) is 2.69. The predicted molar refractivity (Wildman–Crippen MR) is 76.5 cm³/mol. The van der Waals surface area contributed by atoms with E-state index in [0.29, 0.717) is 6.04 Å². The van der Waals surface area contributed by atoms with Crippen molar-refractivity contribution in [3.63, 3.8) is 0 Å². The van der Waals surface area contributed by atoms with E-state index in [9.17, 15) is 0 Å². The van der Waals surface area contributed by atoms with Crippen molar-refractivity contribution in [2.75, 3.05) is 13.1 Å². The van der Waals surface area contributed by atoms with Crippen LogP contribution in [-0.2, 0) is 0 Å². The standard InChI is InChI=1S/C15H32N2/c1-5-6-7-9-14(4)17(13(2)3)12-15-10-8-11-16-15/h13-16H,5-12H2,1-4H3. The van der Waals surface area contributed by atoms with Gasteiger partial charge in [-0.3, -0.25) is 4.90 Å². The quantitative estimate of drug-likeness (QED) is 0.654. The first kappa shape index (κ1) is 15.0. The Hall–Kier alpha value is -0.0800. The average Bonchev–Trinajstić information content (AvgIpc) is 2.78. The van der Waals surface area contributed by atoms with Crippen molar-refractivity contribution in [1.82, 2.24) is 10.2 Å². The van der Waals surface area contributed by atoms with E-state index < -0.39 is 0 Å². The minimum atomic E-state index is 0.675. The van der Waals surface area contributed by atoms with Gasteiger partial charge in [-0.2, -0.15) is 0 Å². The van der Waals surface area contributed by atoms with Crippen LogP contribution in [0.25, 0.3) is 0 Å². The highest BCUT2D eigenvalue weighted by Crippen LogP contribution is 2.16. The van der Waals surface area contributed by atoms with Gasteiger partial charge in [0.05, 0.1) is 0 Å². The summed E-state index contributed by atoms with van der Waals surface area (Å²) < 4.78 is 0. The van der Waals surface area contributed by atoms with Gasteiger partial charge in [-0.15, -0.1) is 0 Å². The maximum atomic E-state index is 3.62. The third-order valence-electron chi connectivity index (χ3n) is 4.05. The molecule has 2 unspecified atom stereocenters. The molecule has 0 saturated carbocycles. The SMILES string of the molecule is CCCCCC(C)N(CC1CCCN1)C(C)C. The molecule has 1 aliphatic rings. The Morgan fingerprint density at radius 2 is 2.00 bits per heavy atom. The van der Waals surface area contributed by atoms with Gasteiger partial charge >= 0.3 is 0 Å². The zero-order valence-corrected chi connectivity index (χ0v) is 12.3. The largest absolute Gasteiger partial charge is 0.313 e. The van der Waals surface area contributed by atoms with E-state index in [-0.39, 0.29) is 0 Å². The fraction of sp³-hybridized carbons (Fsp3) is 1.00. The first-order chi connectivity index (χ1) is 8.15. The maximum Gasteiger partial charge on any atom is 0.0195 e. The van der Waals surface area contributed by atoms with Crippen LogP contribution in [0.5, 0.6) is 0 Å². The van der Waals surface area contributed by atoms with Gasteiger partial charge in [0.1, 0.15) is 0 Å². The lowest BCUT2D eigenvalue weighted by atomic mass is 10.1. The summed E-state index contributed by atoms with van der Waals surface area (Å²) >= 11 is 0. The summed E-state index contributed by atoms with van der Waals surface area (Å²) in [7, 11) is 0. The molecule has 0 aromatic heterocycles. The zero-order valence-electron chi connectivity index (χ0n) is 12.3. The molecule has 17 heavy (non-hydrogen) atoms. The third-order valence-corrected chi connectivity index (χ3v) is 4.05. The molecule has 1 heterocycles. The van der Waals surface area contributed by atoms with Crippen LogP contribution in [0.1, 0.15) is 66.2 Å². The molecule has 2 nitrogen and oxygen atoms in total. The van der Waals surface area contributed by atoms with E-state index in [1.807, 2.05) is 0 Å². The van der Waals surface area contributed by atoms with Crippen LogP contribution in [0, 0.1) is 0 Å². The average molecular weight is 240 g/mol. The summed E-state index contributed by atoms with van der Waals surface area (Å²) in [6.07, 6.45) is 8.19. The monoisotopic (exact) mass is 240 g/mol. The highest BCUT2D eigenvalue weighted by molar-refractivity contribution is 4.81. The second kappa shape index (κ2) is 8.10. The van der Waals surface area contributed by atoms with Gasteiger partial charge in [-0.25, -0.2) is 0 Å². The third kappa shape index (κ3) is 5.39. The molecule has 0 aliphatic carbocycles. The van der Waals surface area contributed by atoms with Crippen molar-refractivity contribution in [2.45, 2.75) is 84.3 Å². The topological polar surface area (TPSA) is 15.3 Å². The smallest absolute Gasteiger partial charge is 0.0195 e. The minimum absolute atomic E-state index is 0.675. The number of hydrogen-bond donors (Lipinski definition) is 1. The molecule has 0 radical (unpaired) electrons. The second-order valence-electron chi connectivity index (χ2n) is 5.93. The van der Waals surface area contributed by atoms with E-state index in [2.05, 4.69) is 37.9 Å². The van der Waals surface area contributed by atoms with Crippen molar-refractivity contribution < 1.29 is 0 Å². The normalized spacial score (nSPS) is 22.6. The molecule has 1 rings (SSSR count). The Morgan fingerprint density at radius 1 is 1.24 bits per heavy atom. The van der Waals surface area contributed by atoms with Crippen molar-refractivity contribution >= 4 is 0 Å². The highest BCUT2D eigenvalue weighted by Gasteiger charge is 2.22. The van der Waals surface area contributed by atoms with Gasteiger partial charge in [0, 0.05) is 24.7 Å². The van der Waals surface area contributed by atoms with Gasteiger partial charge in [0.25, 0.3) is 0 Å². The number of rotatable bonds is 8. The van der Waals surface area contributed by atoms with Gasteiger partial charge < -0.3 is 5.32 Å². The predicted octanol–water partition coefficient (Wildman–Crippen LogP) is 3.42. The Labute approximate surface area is 108 Å². The lowest BCUT2D eigenvalue weighted by molar-refractivity contribution is 0.140. The van der Waals surface area contributed by atoms with E-state index in [1.165, 1.54) is 51.6 Å². The Bertz CT molecular complexity index is 185. The van der Waals surface area contributed by atoms with E-state index >= 15 is 0 Å². The Balaban J connectivity index is 2.34. The van der Waals surface area contributed by atoms with E-state index in [0.717, 1.165) is 12.1 Å². The van der Waals surface area contributed by atoms with Crippen LogP contribution in [-0.4, -0.2) is 36.1 Å². The Kier molecular flexibility index (Phi) is 7.14. The van der Waals surface area contributed by atoms with Crippen LogP contribution >= 0.6 is 0 Å². The molecule has 0 spiro atoms. The van der Waals surface area contributed by atoms with Crippen LogP contribution in [0.15, 0.2) is 0 Å². The number of unbranched alkanes of at least 4 members (excludes halogenated alkanes) is 2. The summed E-state index contributed by atoms with van der Waals surface area (Å²) in [5.41, 5.74) is 0. The molecule has 0 amide bonds. The summed E-state index contributed by atoms with van der Waals surface area (Å²) in [5.74, 6) is 0. The van der Waals surface area contributed by atoms with Crippen molar-refractivity contribution in [2.24, 2.45) is 0 Å². The molecule has 0 bridgehead atoms. The van der Waals surface area contributed by atoms with Gasteiger partial charge in [-0.1, -0.05) is 26.2 Å². The molecule has 1 N–H and O–H groups in total. The molecule has 2 atom stereocenters. The van der Waals surface area contributed by atoms with Crippen molar-refractivity contribution in [3.05, 3.63) is 0 Å². The van der Waals surface area contributed by atoms with Gasteiger partial charge in [0.15, 0.2) is 0 Å². The van der Waals surface area contributed by atoms with Crippen molar-refractivity contribution in [1.29, 1.82) is 0 Å². The molecule has 2 heteroatoms. The zero-order chi connectivity index (χ0) is 12.7. The fourth-order valence-corrected chi connectivity index (χ4v) is 2.92. The maximum absolute atomic E-state index is 3.62. The number of nitrogens with zero attached hydrogens (tertiary/aromatic N) is 1. The van der Waals surface area contributed by atoms with Crippen LogP contribution in [0.4, 0.5) is 0 Å². The van der Waals surface area contributed by atoms with E-state index in [1.54, 1.807) is 0 Å².